The summed E-state index contributed by atoms with van der Waals surface area (Å²) in [6.07, 6.45) is 24.2. The van der Waals surface area contributed by atoms with Crippen LogP contribution in [-0.4, -0.2) is 0 Å². The number of benzene rings is 2. The van der Waals surface area contributed by atoms with Gasteiger partial charge < -0.3 is 0 Å². The highest BCUT2D eigenvalue weighted by molar-refractivity contribution is 5.45. The van der Waals surface area contributed by atoms with Crippen molar-refractivity contribution >= 4 is 0 Å². The zero-order valence-corrected chi connectivity index (χ0v) is 16.4. The van der Waals surface area contributed by atoms with E-state index in [4.69, 9.17) is 0 Å². The van der Waals surface area contributed by atoms with Gasteiger partial charge in [0.2, 0.25) is 0 Å². The lowest BCUT2D eigenvalue weighted by Crippen LogP contribution is -2.30. The van der Waals surface area contributed by atoms with E-state index in [1.165, 1.54) is 54.4 Å². The maximum atomic E-state index is 2.40. The Morgan fingerprint density at radius 2 is 0.893 bits per heavy atom. The summed E-state index contributed by atoms with van der Waals surface area (Å²) in [5.41, 5.74) is 5.97. The van der Waals surface area contributed by atoms with E-state index in [9.17, 15) is 0 Å². The van der Waals surface area contributed by atoms with Gasteiger partial charge in [-0.15, -0.1) is 0 Å². The van der Waals surface area contributed by atoms with Crippen molar-refractivity contribution in [3.8, 4) is 0 Å². The average molecular weight is 365 g/mol. The van der Waals surface area contributed by atoms with Crippen LogP contribution in [0.2, 0.25) is 0 Å². The van der Waals surface area contributed by atoms with E-state index in [0.717, 1.165) is 0 Å². The van der Waals surface area contributed by atoms with E-state index < -0.39 is 0 Å². The normalized spacial score (nSPS) is 21.0. The molecule has 0 atom stereocenters. The van der Waals surface area contributed by atoms with E-state index in [-0.39, 0.29) is 5.41 Å². The summed E-state index contributed by atoms with van der Waals surface area (Å²) in [5, 5.41) is 0. The van der Waals surface area contributed by atoms with Gasteiger partial charge in [-0.3, -0.25) is 0 Å². The molecule has 0 saturated heterocycles. The molecule has 3 aliphatic rings. The molecule has 0 heteroatoms. The lowest BCUT2D eigenvalue weighted by atomic mass is 9.65. The first-order chi connectivity index (χ1) is 13.9. The van der Waals surface area contributed by atoms with Gasteiger partial charge in [-0.25, -0.2) is 0 Å². The minimum absolute atomic E-state index is 0.179. The molecule has 0 spiro atoms. The molecule has 28 heavy (non-hydrogen) atoms. The van der Waals surface area contributed by atoms with Crippen LogP contribution in [0.25, 0.3) is 0 Å². The summed E-state index contributed by atoms with van der Waals surface area (Å²) < 4.78 is 0. The lowest BCUT2D eigenvalue weighted by molar-refractivity contribution is 0.346. The molecule has 0 heterocycles. The van der Waals surface area contributed by atoms with Crippen molar-refractivity contribution in [1.29, 1.82) is 0 Å². The molecular formula is C28H28. The van der Waals surface area contributed by atoms with Crippen LogP contribution < -0.4 is 0 Å². The van der Waals surface area contributed by atoms with Crippen LogP contribution in [-0.2, 0) is 5.41 Å². The molecule has 0 radical (unpaired) electrons. The van der Waals surface area contributed by atoms with Crippen molar-refractivity contribution in [2.75, 3.05) is 0 Å². The third-order valence-corrected chi connectivity index (χ3v) is 6.90. The summed E-state index contributed by atoms with van der Waals surface area (Å²) in [7, 11) is 0. The fraction of sp³-hybridized carbons (Fsp3) is 0.286. The fourth-order valence-electron chi connectivity index (χ4n) is 5.26. The molecule has 0 aliphatic heterocycles. The minimum atomic E-state index is 0.179. The van der Waals surface area contributed by atoms with Crippen LogP contribution in [0.15, 0.2) is 97.1 Å². The van der Waals surface area contributed by atoms with Crippen LogP contribution in [0.3, 0.4) is 0 Å². The number of hydrogen-bond donors (Lipinski definition) is 0. The Hall–Kier alpha value is -2.60. The minimum Gasteiger partial charge on any atom is -0.0732 e. The summed E-state index contributed by atoms with van der Waals surface area (Å²) >= 11 is 0. The van der Waals surface area contributed by atoms with E-state index >= 15 is 0 Å². The molecule has 0 amide bonds. The van der Waals surface area contributed by atoms with Crippen molar-refractivity contribution in [2.24, 2.45) is 0 Å². The quantitative estimate of drug-likeness (QED) is 0.532. The van der Waals surface area contributed by atoms with Gasteiger partial charge in [0.05, 0.1) is 0 Å². The average Bonchev–Trinajstić information content (AvgIpc) is 3.49. The van der Waals surface area contributed by atoms with E-state index in [2.05, 4.69) is 97.1 Å². The Kier molecular flexibility index (Phi) is 4.64. The second kappa shape index (κ2) is 7.43. The lowest BCUT2D eigenvalue weighted by Gasteiger charge is -2.39. The van der Waals surface area contributed by atoms with E-state index in [0.29, 0.717) is 11.8 Å². The van der Waals surface area contributed by atoms with E-state index in [1.54, 1.807) is 0 Å². The Bertz CT molecular complexity index is 831. The first-order valence-electron chi connectivity index (χ1n) is 10.8. The molecule has 5 rings (SSSR count). The molecule has 3 aliphatic carbocycles. The molecule has 1 fully saturated rings. The van der Waals surface area contributed by atoms with Crippen LogP contribution in [0.5, 0.6) is 0 Å². The number of rotatable bonds is 4. The standard InChI is InChI=1S/C28H28/c1-6-20-28(21-7-1,26-16-12-24(13-17-26)22-8-2-3-9-22)27-18-14-25(15-19-27)23-10-4-5-11-23/h2-5,8-19,22-23H,1,6-7,20-21H2. The van der Waals surface area contributed by atoms with Crippen molar-refractivity contribution in [1.82, 2.24) is 0 Å². The van der Waals surface area contributed by atoms with Crippen LogP contribution in [0.4, 0.5) is 0 Å². The molecule has 0 bridgehead atoms. The summed E-state index contributed by atoms with van der Waals surface area (Å²) in [6.45, 7) is 0. The molecule has 0 unspecified atom stereocenters. The van der Waals surface area contributed by atoms with Crippen LogP contribution >= 0.6 is 0 Å². The van der Waals surface area contributed by atoms with Crippen molar-refractivity contribution in [3.05, 3.63) is 119 Å². The SMILES string of the molecule is C1=CC(c2ccc(C3(c4ccc(C5C=CC=C5)cc4)CCCCC3)cc2)C=C1. The summed E-state index contributed by atoms with van der Waals surface area (Å²) in [5.74, 6) is 0.895. The Balaban J connectivity index is 1.48. The molecule has 1 saturated carbocycles. The van der Waals surface area contributed by atoms with Crippen molar-refractivity contribution in [2.45, 2.75) is 49.4 Å². The molecule has 0 aromatic heterocycles. The Labute approximate surface area is 169 Å². The molecular weight excluding hydrogens is 336 g/mol. The predicted molar refractivity (Wildman–Crippen MR) is 119 cm³/mol. The van der Waals surface area contributed by atoms with Crippen molar-refractivity contribution in [3.63, 3.8) is 0 Å². The van der Waals surface area contributed by atoms with Gasteiger partial charge in [-0.05, 0) is 35.1 Å². The third kappa shape index (κ3) is 3.11. The van der Waals surface area contributed by atoms with Crippen molar-refractivity contribution < 1.29 is 0 Å². The number of allylic oxidation sites excluding steroid dienone is 8. The topological polar surface area (TPSA) is 0 Å². The smallest absolute Gasteiger partial charge is 0.0204 e. The highest BCUT2D eigenvalue weighted by Gasteiger charge is 2.35. The molecule has 0 N–H and O–H groups in total. The fourth-order valence-corrected chi connectivity index (χ4v) is 5.26. The first-order valence-corrected chi connectivity index (χ1v) is 10.8. The maximum Gasteiger partial charge on any atom is 0.0204 e. The zero-order chi connectivity index (χ0) is 18.8. The molecule has 2 aromatic carbocycles. The maximum absolute atomic E-state index is 2.40. The first kappa shape index (κ1) is 17.5. The van der Waals surface area contributed by atoms with Gasteiger partial charge in [-0.1, -0.05) is 116 Å². The molecule has 0 nitrogen and oxygen atoms in total. The van der Waals surface area contributed by atoms with Gasteiger partial charge in [0, 0.05) is 17.3 Å². The van der Waals surface area contributed by atoms with E-state index in [1.807, 2.05) is 0 Å². The second-order valence-electron chi connectivity index (χ2n) is 8.48. The second-order valence-corrected chi connectivity index (χ2v) is 8.48. The van der Waals surface area contributed by atoms with Gasteiger partial charge in [-0.2, -0.15) is 0 Å². The van der Waals surface area contributed by atoms with Crippen LogP contribution in [0, 0.1) is 0 Å². The highest BCUT2D eigenvalue weighted by Crippen LogP contribution is 2.45. The Morgan fingerprint density at radius 1 is 0.500 bits per heavy atom. The summed E-state index contributed by atoms with van der Waals surface area (Å²) in [4.78, 5) is 0. The van der Waals surface area contributed by atoms with Gasteiger partial charge >= 0.3 is 0 Å². The van der Waals surface area contributed by atoms with Crippen LogP contribution in [0.1, 0.15) is 66.2 Å². The molecule has 140 valence electrons. The van der Waals surface area contributed by atoms with Gasteiger partial charge in [0.25, 0.3) is 0 Å². The number of hydrogen-bond acceptors (Lipinski definition) is 0. The highest BCUT2D eigenvalue weighted by atomic mass is 14.4. The molecule has 2 aromatic rings. The summed E-state index contributed by atoms with van der Waals surface area (Å²) in [6, 6.07) is 19.0. The van der Waals surface area contributed by atoms with Gasteiger partial charge in [0.15, 0.2) is 0 Å². The predicted octanol–water partition coefficient (Wildman–Crippen LogP) is 7.36. The zero-order valence-electron chi connectivity index (χ0n) is 16.4. The Morgan fingerprint density at radius 3 is 1.29 bits per heavy atom. The third-order valence-electron chi connectivity index (χ3n) is 6.90. The monoisotopic (exact) mass is 364 g/mol. The largest absolute Gasteiger partial charge is 0.0732 e. The van der Waals surface area contributed by atoms with Gasteiger partial charge in [0.1, 0.15) is 0 Å².